The van der Waals surface area contributed by atoms with E-state index in [9.17, 15) is 9.18 Å². The van der Waals surface area contributed by atoms with Gasteiger partial charge < -0.3 is 10.1 Å². The lowest BCUT2D eigenvalue weighted by atomic mass is 10.2. The molecule has 0 spiro atoms. The van der Waals surface area contributed by atoms with Crippen molar-refractivity contribution in [2.24, 2.45) is 0 Å². The second-order valence-electron chi connectivity index (χ2n) is 3.61. The summed E-state index contributed by atoms with van der Waals surface area (Å²) in [5.41, 5.74) is 0.896. The number of hydrogen-bond donors (Lipinski definition) is 1. The molecule has 0 saturated heterocycles. The molecular formula is C12H10ClFN2O2S. The molecule has 1 N–H and O–H groups in total. The molecule has 0 radical (unpaired) electrons. The number of ether oxygens (including phenoxy) is 1. The SMILES string of the molecule is COC(=O)c1sc(NCc2ccc(F)cc2)nc1Cl. The van der Waals surface area contributed by atoms with Crippen LogP contribution in [0, 0.1) is 5.82 Å². The van der Waals surface area contributed by atoms with E-state index in [0.717, 1.165) is 16.9 Å². The minimum atomic E-state index is -0.516. The smallest absolute Gasteiger partial charge is 0.351 e. The third kappa shape index (κ3) is 3.42. The lowest BCUT2D eigenvalue weighted by Gasteiger charge is -2.02. The number of benzene rings is 1. The third-order valence-corrected chi connectivity index (χ3v) is 3.69. The summed E-state index contributed by atoms with van der Waals surface area (Å²) < 4.78 is 17.3. The summed E-state index contributed by atoms with van der Waals surface area (Å²) in [7, 11) is 1.28. The van der Waals surface area contributed by atoms with E-state index in [1.807, 2.05) is 0 Å². The zero-order chi connectivity index (χ0) is 13.8. The summed E-state index contributed by atoms with van der Waals surface area (Å²) in [5.74, 6) is -0.800. The Bertz CT molecular complexity index is 586. The van der Waals surface area contributed by atoms with Gasteiger partial charge in [-0.15, -0.1) is 0 Å². The summed E-state index contributed by atoms with van der Waals surface area (Å²) in [5, 5.41) is 3.63. The first kappa shape index (κ1) is 13.8. The van der Waals surface area contributed by atoms with Crippen LogP contribution in [0.5, 0.6) is 0 Å². The maximum Gasteiger partial charge on any atom is 0.351 e. The second kappa shape index (κ2) is 5.99. The molecule has 0 bridgehead atoms. The Balaban J connectivity index is 2.04. The third-order valence-electron chi connectivity index (χ3n) is 2.31. The summed E-state index contributed by atoms with van der Waals surface area (Å²) in [4.78, 5) is 15.6. The quantitative estimate of drug-likeness (QED) is 0.880. The summed E-state index contributed by atoms with van der Waals surface area (Å²) in [6.07, 6.45) is 0. The fourth-order valence-electron chi connectivity index (χ4n) is 1.38. The van der Waals surface area contributed by atoms with Gasteiger partial charge >= 0.3 is 5.97 Å². The van der Waals surface area contributed by atoms with Gasteiger partial charge in [0.2, 0.25) is 0 Å². The van der Waals surface area contributed by atoms with Crippen LogP contribution in [0.25, 0.3) is 0 Å². The van der Waals surface area contributed by atoms with Crippen molar-refractivity contribution >= 4 is 34.0 Å². The maximum absolute atomic E-state index is 12.7. The Kier molecular flexibility index (Phi) is 4.34. The van der Waals surface area contributed by atoms with Crippen molar-refractivity contribution in [2.45, 2.75) is 6.54 Å². The van der Waals surface area contributed by atoms with Crippen molar-refractivity contribution in [1.82, 2.24) is 4.98 Å². The first-order chi connectivity index (χ1) is 9.10. The molecule has 1 aromatic carbocycles. The molecule has 0 atom stereocenters. The fourth-order valence-corrected chi connectivity index (χ4v) is 2.47. The van der Waals surface area contributed by atoms with Gasteiger partial charge in [-0.2, -0.15) is 0 Å². The van der Waals surface area contributed by atoms with Gasteiger partial charge in [-0.05, 0) is 17.7 Å². The first-order valence-corrected chi connectivity index (χ1v) is 6.52. The molecule has 2 rings (SSSR count). The highest BCUT2D eigenvalue weighted by Gasteiger charge is 2.16. The van der Waals surface area contributed by atoms with Gasteiger partial charge in [-0.25, -0.2) is 14.2 Å². The minimum absolute atomic E-state index is 0.110. The molecule has 2 aromatic rings. The Morgan fingerprint density at radius 3 is 2.79 bits per heavy atom. The van der Waals surface area contributed by atoms with E-state index in [1.165, 1.54) is 19.2 Å². The number of hydrogen-bond acceptors (Lipinski definition) is 5. The molecule has 0 amide bonds. The number of aromatic nitrogens is 1. The molecule has 0 aliphatic heterocycles. The number of methoxy groups -OCH3 is 1. The van der Waals surface area contributed by atoms with Crippen molar-refractivity contribution < 1.29 is 13.9 Å². The lowest BCUT2D eigenvalue weighted by molar-refractivity contribution is 0.0606. The predicted octanol–water partition coefficient (Wildman–Crippen LogP) is 3.33. The van der Waals surface area contributed by atoms with Crippen molar-refractivity contribution in [3.63, 3.8) is 0 Å². The molecule has 0 unspecified atom stereocenters. The first-order valence-electron chi connectivity index (χ1n) is 5.33. The highest BCUT2D eigenvalue weighted by molar-refractivity contribution is 7.18. The molecule has 0 saturated carbocycles. The van der Waals surface area contributed by atoms with Crippen LogP contribution in [0.2, 0.25) is 5.15 Å². The molecule has 0 fully saturated rings. The van der Waals surface area contributed by atoms with Crippen molar-refractivity contribution in [3.05, 3.63) is 45.7 Å². The normalized spacial score (nSPS) is 10.3. The van der Waals surface area contributed by atoms with E-state index >= 15 is 0 Å². The number of nitrogens with zero attached hydrogens (tertiary/aromatic N) is 1. The van der Waals surface area contributed by atoms with Crippen LogP contribution < -0.4 is 5.32 Å². The Morgan fingerprint density at radius 2 is 2.16 bits per heavy atom. The van der Waals surface area contributed by atoms with Crippen LogP contribution in [0.1, 0.15) is 15.2 Å². The Hall–Kier alpha value is -1.66. The molecular weight excluding hydrogens is 291 g/mol. The van der Waals surface area contributed by atoms with Gasteiger partial charge in [0.25, 0.3) is 0 Å². The van der Waals surface area contributed by atoms with E-state index in [2.05, 4.69) is 15.0 Å². The fraction of sp³-hybridized carbons (Fsp3) is 0.167. The van der Waals surface area contributed by atoms with Crippen LogP contribution in [-0.2, 0) is 11.3 Å². The van der Waals surface area contributed by atoms with Gasteiger partial charge in [-0.1, -0.05) is 35.1 Å². The number of carbonyl (C=O) groups is 1. The number of halogens is 2. The van der Waals surface area contributed by atoms with Gasteiger partial charge in [0.15, 0.2) is 15.2 Å². The number of rotatable bonds is 4. The van der Waals surface area contributed by atoms with Crippen LogP contribution in [0.4, 0.5) is 9.52 Å². The van der Waals surface area contributed by atoms with Crippen LogP contribution in [0.3, 0.4) is 0 Å². The maximum atomic E-state index is 12.7. The second-order valence-corrected chi connectivity index (χ2v) is 4.97. The summed E-state index contributed by atoms with van der Waals surface area (Å²) in [6.45, 7) is 0.463. The molecule has 0 aliphatic rings. The molecule has 1 aromatic heterocycles. The van der Waals surface area contributed by atoms with Crippen LogP contribution >= 0.6 is 22.9 Å². The van der Waals surface area contributed by atoms with E-state index in [-0.39, 0.29) is 15.8 Å². The highest BCUT2D eigenvalue weighted by Crippen LogP contribution is 2.27. The molecule has 1 heterocycles. The van der Waals surface area contributed by atoms with Crippen LogP contribution in [-0.4, -0.2) is 18.1 Å². The number of thiazole rings is 1. The monoisotopic (exact) mass is 300 g/mol. The average molecular weight is 301 g/mol. The molecule has 7 heteroatoms. The Morgan fingerprint density at radius 1 is 1.47 bits per heavy atom. The number of carbonyl (C=O) groups excluding carboxylic acids is 1. The highest BCUT2D eigenvalue weighted by atomic mass is 35.5. The van der Waals surface area contributed by atoms with Crippen molar-refractivity contribution in [3.8, 4) is 0 Å². The topological polar surface area (TPSA) is 51.2 Å². The number of anilines is 1. The number of nitrogens with one attached hydrogen (secondary N) is 1. The predicted molar refractivity (Wildman–Crippen MR) is 72.2 cm³/mol. The largest absolute Gasteiger partial charge is 0.465 e. The van der Waals surface area contributed by atoms with E-state index < -0.39 is 5.97 Å². The summed E-state index contributed by atoms with van der Waals surface area (Å²) in [6, 6.07) is 6.09. The van der Waals surface area contributed by atoms with Crippen LogP contribution in [0.15, 0.2) is 24.3 Å². The molecule has 4 nitrogen and oxygen atoms in total. The Labute approximate surface area is 118 Å². The van der Waals surface area contributed by atoms with E-state index in [4.69, 9.17) is 11.6 Å². The van der Waals surface area contributed by atoms with E-state index in [1.54, 1.807) is 12.1 Å². The number of esters is 1. The summed E-state index contributed by atoms with van der Waals surface area (Å²) >= 11 is 6.94. The standard InChI is InChI=1S/C12H10ClFN2O2S/c1-18-11(17)9-10(13)16-12(19-9)15-6-7-2-4-8(14)5-3-7/h2-5H,6H2,1H3,(H,15,16). The lowest BCUT2D eigenvalue weighted by Crippen LogP contribution is -1.98. The van der Waals surface area contributed by atoms with Gasteiger partial charge in [0, 0.05) is 6.54 Å². The zero-order valence-corrected chi connectivity index (χ0v) is 11.5. The zero-order valence-electron chi connectivity index (χ0n) is 9.94. The molecule has 19 heavy (non-hydrogen) atoms. The van der Waals surface area contributed by atoms with Gasteiger partial charge in [0.1, 0.15) is 5.82 Å². The molecule has 0 aliphatic carbocycles. The van der Waals surface area contributed by atoms with Gasteiger partial charge in [-0.3, -0.25) is 0 Å². The van der Waals surface area contributed by atoms with Crippen molar-refractivity contribution in [2.75, 3.05) is 12.4 Å². The van der Waals surface area contributed by atoms with E-state index in [0.29, 0.717) is 11.7 Å². The van der Waals surface area contributed by atoms with Gasteiger partial charge in [0.05, 0.1) is 7.11 Å². The minimum Gasteiger partial charge on any atom is -0.465 e. The average Bonchev–Trinajstić information content (AvgIpc) is 2.78. The van der Waals surface area contributed by atoms with Crippen molar-refractivity contribution in [1.29, 1.82) is 0 Å². The molecule has 100 valence electrons.